The zero-order chi connectivity index (χ0) is 28.6. The Hall–Kier alpha value is -1.56. The zero-order valence-corrected chi connectivity index (χ0v) is 27.1. The molecule has 0 fully saturated rings. The van der Waals surface area contributed by atoms with E-state index in [1.807, 2.05) is 100 Å². The molecule has 0 saturated carbocycles. The summed E-state index contributed by atoms with van der Waals surface area (Å²) in [5.41, 5.74) is 1.00. The normalized spacial score (nSPS) is 8.82. The zero-order valence-electron chi connectivity index (χ0n) is 27.1. The molecule has 0 aliphatic rings. The number of benzene rings is 2. The van der Waals surface area contributed by atoms with E-state index in [4.69, 9.17) is 0 Å². The molecular formula is C34H68. The van der Waals surface area contributed by atoms with Crippen molar-refractivity contribution in [2.24, 2.45) is 22.7 Å². The molecule has 0 aliphatic heterocycles. The molecule has 34 heavy (non-hydrogen) atoms. The van der Waals surface area contributed by atoms with Gasteiger partial charge in [0, 0.05) is 0 Å². The molecule has 0 amide bonds. The molecule has 0 heterocycles. The van der Waals surface area contributed by atoms with Gasteiger partial charge in [-0.15, -0.1) is 0 Å². The van der Waals surface area contributed by atoms with Crippen LogP contribution in [-0.2, 0) is 0 Å². The van der Waals surface area contributed by atoms with Crippen molar-refractivity contribution in [2.75, 3.05) is 0 Å². The van der Waals surface area contributed by atoms with Gasteiger partial charge in [-0.05, 0) is 22.7 Å². The van der Waals surface area contributed by atoms with Crippen molar-refractivity contribution in [2.45, 2.75) is 125 Å². The molecule has 2 aromatic rings. The van der Waals surface area contributed by atoms with Gasteiger partial charge < -0.3 is 0 Å². The molecule has 2 aromatic carbocycles. The molecule has 0 atom stereocenters. The van der Waals surface area contributed by atoms with Crippen molar-refractivity contribution in [1.29, 1.82) is 0 Å². The minimum Gasteiger partial charge on any atom is -0.0683 e. The van der Waals surface area contributed by atoms with E-state index in [1.165, 1.54) is 0 Å². The van der Waals surface area contributed by atoms with Gasteiger partial charge in [0.2, 0.25) is 0 Å². The van der Waals surface area contributed by atoms with E-state index in [0.717, 1.165) is 11.8 Å². The first kappa shape index (κ1) is 45.9. The molecular weight excluding hydrogens is 408 g/mol. The van der Waals surface area contributed by atoms with E-state index in [-0.39, 0.29) is 0 Å². The quantitative estimate of drug-likeness (QED) is 0.354. The van der Waals surface area contributed by atoms with Crippen LogP contribution in [0.4, 0.5) is 0 Å². The summed E-state index contributed by atoms with van der Waals surface area (Å²) in [6.07, 6.45) is 0. The molecule has 204 valence electrons. The highest BCUT2D eigenvalue weighted by molar-refractivity contribution is 4.99. The van der Waals surface area contributed by atoms with Crippen LogP contribution in [0.1, 0.15) is 125 Å². The fourth-order valence-corrected chi connectivity index (χ4v) is 0.770. The van der Waals surface area contributed by atoms with Crippen LogP contribution in [0.15, 0.2) is 72.8 Å². The highest BCUT2D eigenvalue weighted by atomic mass is 14.0. The Morgan fingerprint density at radius 2 is 0.324 bits per heavy atom. The monoisotopic (exact) mass is 477 g/mol. The van der Waals surface area contributed by atoms with Crippen LogP contribution in [0, 0.1) is 22.7 Å². The molecule has 0 aliphatic carbocycles. The lowest BCUT2D eigenvalue weighted by Gasteiger charge is -2.05. The Morgan fingerprint density at radius 3 is 0.353 bits per heavy atom. The molecule has 0 radical (unpaired) electrons. The highest BCUT2D eigenvalue weighted by Gasteiger charge is 1.96. The molecule has 0 saturated heterocycles. The SMILES string of the molecule is CC.CC.CC(C)(C)C.CC(C)(C)C.CC(C)C.CC(C)C.c1ccccc1.c1ccccc1. The summed E-state index contributed by atoms with van der Waals surface area (Å²) in [7, 11) is 0. The maximum Gasteiger partial charge on any atom is -0.0411 e. The second kappa shape index (κ2) is 36.0. The standard InChI is InChI=1S/2C6H6.2C5H12.2C4H10.2C2H6/c2*1-2-4-6-5-3-1;2*1-5(2,3)4;2*1-4(2)3;2*1-2/h2*1-6H;2*1-4H3;2*4H,1-3H3;2*1-2H3. The predicted octanol–water partition coefficient (Wildman–Crippen LogP) is 12.9. The molecule has 0 N–H and O–H groups in total. The van der Waals surface area contributed by atoms with E-state index in [2.05, 4.69) is 96.9 Å². The third-order valence-electron chi connectivity index (χ3n) is 1.33. The summed E-state index contributed by atoms with van der Waals surface area (Å²) in [6, 6.07) is 24.0. The summed E-state index contributed by atoms with van der Waals surface area (Å²) in [6.45, 7) is 38.5. The van der Waals surface area contributed by atoms with E-state index >= 15 is 0 Å². The summed E-state index contributed by atoms with van der Waals surface area (Å²) >= 11 is 0. The van der Waals surface area contributed by atoms with Crippen LogP contribution in [-0.4, -0.2) is 0 Å². The van der Waals surface area contributed by atoms with Gasteiger partial charge in [-0.3, -0.25) is 0 Å². The van der Waals surface area contributed by atoms with Gasteiger partial charge in [0.1, 0.15) is 0 Å². The van der Waals surface area contributed by atoms with Crippen LogP contribution in [0.25, 0.3) is 0 Å². The van der Waals surface area contributed by atoms with Gasteiger partial charge in [-0.2, -0.15) is 0 Å². The third-order valence-corrected chi connectivity index (χ3v) is 1.33. The van der Waals surface area contributed by atoms with Crippen LogP contribution in [0.5, 0.6) is 0 Å². The first-order valence-corrected chi connectivity index (χ1v) is 13.5. The van der Waals surface area contributed by atoms with E-state index < -0.39 is 0 Å². The van der Waals surface area contributed by atoms with Crippen molar-refractivity contribution in [3.8, 4) is 0 Å². The summed E-state index contributed by atoms with van der Waals surface area (Å²) < 4.78 is 0. The molecule has 0 aromatic heterocycles. The van der Waals surface area contributed by atoms with E-state index in [0.29, 0.717) is 10.8 Å². The number of hydrogen-bond acceptors (Lipinski definition) is 0. The molecule has 0 heteroatoms. The summed E-state index contributed by atoms with van der Waals surface area (Å²) in [5, 5.41) is 0. The molecule has 0 spiro atoms. The van der Waals surface area contributed by atoms with Gasteiger partial charge >= 0.3 is 0 Å². The third kappa shape index (κ3) is 242. The van der Waals surface area contributed by atoms with Crippen molar-refractivity contribution in [3.05, 3.63) is 72.8 Å². The summed E-state index contributed by atoms with van der Waals surface area (Å²) in [4.78, 5) is 0. The van der Waals surface area contributed by atoms with Gasteiger partial charge in [-0.1, -0.05) is 197 Å². The van der Waals surface area contributed by atoms with E-state index in [1.54, 1.807) is 0 Å². The van der Waals surface area contributed by atoms with Crippen molar-refractivity contribution < 1.29 is 0 Å². The second-order valence-electron chi connectivity index (χ2n) is 11.8. The largest absolute Gasteiger partial charge is 0.0683 e. The number of hydrogen-bond donors (Lipinski definition) is 0. The van der Waals surface area contributed by atoms with Gasteiger partial charge in [0.05, 0.1) is 0 Å². The maximum absolute atomic E-state index is 2.19. The fraction of sp³-hybridized carbons (Fsp3) is 0.647. The average Bonchev–Trinajstić information content (AvgIpc) is 2.71. The Labute approximate surface area is 220 Å². The van der Waals surface area contributed by atoms with E-state index in [9.17, 15) is 0 Å². The Bertz CT molecular complexity index is 361. The van der Waals surface area contributed by atoms with Crippen LogP contribution >= 0.6 is 0 Å². The lowest BCUT2D eigenvalue weighted by atomic mass is 10.0. The summed E-state index contributed by atoms with van der Waals surface area (Å²) in [5.74, 6) is 1.67. The minimum absolute atomic E-state index is 0.500. The lowest BCUT2D eigenvalue weighted by molar-refractivity contribution is 0.469. The highest BCUT2D eigenvalue weighted by Crippen LogP contribution is 2.08. The fourth-order valence-electron chi connectivity index (χ4n) is 0.770. The second-order valence-corrected chi connectivity index (χ2v) is 11.8. The van der Waals surface area contributed by atoms with Gasteiger partial charge in [0.15, 0.2) is 0 Å². The first-order valence-electron chi connectivity index (χ1n) is 13.5. The minimum atomic E-state index is 0.500. The smallest absolute Gasteiger partial charge is 0.0411 e. The van der Waals surface area contributed by atoms with Crippen molar-refractivity contribution in [3.63, 3.8) is 0 Å². The van der Waals surface area contributed by atoms with Gasteiger partial charge in [-0.25, -0.2) is 0 Å². The Morgan fingerprint density at radius 1 is 0.294 bits per heavy atom. The van der Waals surface area contributed by atoms with Crippen molar-refractivity contribution >= 4 is 0 Å². The van der Waals surface area contributed by atoms with Crippen molar-refractivity contribution in [1.82, 2.24) is 0 Å². The Balaban J connectivity index is -0.0000000677. The van der Waals surface area contributed by atoms with Crippen LogP contribution < -0.4 is 0 Å². The van der Waals surface area contributed by atoms with Crippen LogP contribution in [0.2, 0.25) is 0 Å². The Kier molecular flexibility index (Phi) is 48.6. The average molecular weight is 477 g/mol. The topological polar surface area (TPSA) is 0 Å². The first-order chi connectivity index (χ1) is 15.5. The molecule has 0 nitrogen and oxygen atoms in total. The predicted molar refractivity (Wildman–Crippen MR) is 167 cm³/mol. The van der Waals surface area contributed by atoms with Crippen LogP contribution in [0.3, 0.4) is 0 Å². The number of rotatable bonds is 0. The van der Waals surface area contributed by atoms with Gasteiger partial charge in [0.25, 0.3) is 0 Å². The maximum atomic E-state index is 2.19. The lowest BCUT2D eigenvalue weighted by Crippen LogP contribution is -1.93. The molecule has 2 rings (SSSR count). The molecule has 0 bridgehead atoms. The molecule has 0 unspecified atom stereocenters.